The average molecular weight is 330 g/mol. The fraction of sp³-hybridized carbons (Fsp3) is 0.167. The van der Waals surface area contributed by atoms with Gasteiger partial charge < -0.3 is 5.11 Å². The molecule has 0 saturated carbocycles. The molecule has 2 rings (SSSR count). The Balaban J connectivity index is 2.60. The summed E-state index contributed by atoms with van der Waals surface area (Å²) in [7, 11) is 0. The predicted molar refractivity (Wildman–Crippen MR) is 70.5 cm³/mol. The Hall–Kier alpha value is -0.380. The number of alkyl halides is 2. The van der Waals surface area contributed by atoms with E-state index in [9.17, 15) is 5.11 Å². The molecule has 1 N–H and O–H groups in total. The summed E-state index contributed by atoms with van der Waals surface area (Å²) >= 11 is 6.66. The van der Waals surface area contributed by atoms with Gasteiger partial charge in [0.1, 0.15) is 6.10 Å². The maximum absolute atomic E-state index is 10.0. The van der Waals surface area contributed by atoms with Crippen LogP contribution in [0.5, 0.6) is 0 Å². The molecule has 0 aliphatic heterocycles. The molecule has 0 spiro atoms. The molecular formula is C12H10Br2O. The Kier molecular flexibility index (Phi) is 3.44. The van der Waals surface area contributed by atoms with E-state index in [1.54, 1.807) is 0 Å². The van der Waals surface area contributed by atoms with Gasteiger partial charge in [0, 0.05) is 0 Å². The largest absolute Gasteiger partial charge is 0.386 e. The van der Waals surface area contributed by atoms with Gasteiger partial charge in [-0.1, -0.05) is 74.3 Å². The van der Waals surface area contributed by atoms with E-state index >= 15 is 0 Å². The van der Waals surface area contributed by atoms with Crippen molar-refractivity contribution in [1.82, 2.24) is 0 Å². The van der Waals surface area contributed by atoms with E-state index in [4.69, 9.17) is 0 Å². The van der Waals surface area contributed by atoms with E-state index in [0.717, 1.165) is 16.3 Å². The summed E-state index contributed by atoms with van der Waals surface area (Å²) < 4.78 is -0.129. The molecule has 0 saturated heterocycles. The van der Waals surface area contributed by atoms with Crippen molar-refractivity contribution in [2.75, 3.05) is 0 Å². The molecule has 2 aromatic rings. The van der Waals surface area contributed by atoms with Crippen molar-refractivity contribution in [3.05, 3.63) is 48.0 Å². The monoisotopic (exact) mass is 328 g/mol. The molecule has 78 valence electrons. The van der Waals surface area contributed by atoms with Crippen LogP contribution in [-0.4, -0.2) is 8.84 Å². The van der Waals surface area contributed by atoms with Gasteiger partial charge in [-0.25, -0.2) is 0 Å². The highest BCUT2D eigenvalue weighted by molar-refractivity contribution is 9.24. The van der Waals surface area contributed by atoms with Crippen LogP contribution in [0, 0.1) is 0 Å². The molecule has 0 aliphatic rings. The molecule has 0 aliphatic carbocycles. The van der Waals surface area contributed by atoms with Crippen molar-refractivity contribution in [2.24, 2.45) is 0 Å². The molecule has 1 unspecified atom stereocenters. The summed E-state index contributed by atoms with van der Waals surface area (Å²) in [6.45, 7) is 0. The van der Waals surface area contributed by atoms with Crippen molar-refractivity contribution in [3.8, 4) is 0 Å². The molecule has 0 amide bonds. The number of benzene rings is 2. The minimum absolute atomic E-state index is 0.129. The van der Waals surface area contributed by atoms with Crippen LogP contribution < -0.4 is 0 Å². The number of aliphatic hydroxyl groups is 1. The lowest BCUT2D eigenvalue weighted by molar-refractivity contribution is 0.201. The van der Waals surface area contributed by atoms with Crippen molar-refractivity contribution in [2.45, 2.75) is 9.84 Å². The highest BCUT2D eigenvalue weighted by Gasteiger charge is 2.16. The lowest BCUT2D eigenvalue weighted by atomic mass is 10.0. The van der Waals surface area contributed by atoms with Gasteiger partial charge in [-0.05, 0) is 16.3 Å². The van der Waals surface area contributed by atoms with Crippen molar-refractivity contribution in [3.63, 3.8) is 0 Å². The van der Waals surface area contributed by atoms with Crippen LogP contribution in [0.15, 0.2) is 42.5 Å². The highest BCUT2D eigenvalue weighted by atomic mass is 79.9. The Morgan fingerprint density at radius 2 is 1.60 bits per heavy atom. The zero-order valence-electron chi connectivity index (χ0n) is 7.90. The minimum atomic E-state index is -0.545. The Morgan fingerprint density at radius 3 is 2.33 bits per heavy atom. The third kappa shape index (κ3) is 2.25. The van der Waals surface area contributed by atoms with Gasteiger partial charge in [0.05, 0.1) is 3.74 Å². The molecule has 0 bridgehead atoms. The van der Waals surface area contributed by atoms with Gasteiger partial charge in [0.2, 0.25) is 0 Å². The summed E-state index contributed by atoms with van der Waals surface area (Å²) in [6.07, 6.45) is -0.545. The van der Waals surface area contributed by atoms with E-state index in [1.165, 1.54) is 0 Å². The van der Waals surface area contributed by atoms with E-state index in [-0.39, 0.29) is 3.74 Å². The molecule has 0 heterocycles. The Labute approximate surface area is 105 Å². The number of halogens is 2. The van der Waals surface area contributed by atoms with Crippen LogP contribution in [0.3, 0.4) is 0 Å². The van der Waals surface area contributed by atoms with E-state index in [1.807, 2.05) is 42.5 Å². The summed E-state index contributed by atoms with van der Waals surface area (Å²) in [5.74, 6) is 0. The first-order valence-electron chi connectivity index (χ1n) is 4.64. The molecule has 15 heavy (non-hydrogen) atoms. The minimum Gasteiger partial charge on any atom is -0.386 e. The quantitative estimate of drug-likeness (QED) is 0.826. The van der Waals surface area contributed by atoms with Gasteiger partial charge in [-0.15, -0.1) is 0 Å². The standard InChI is InChI=1S/C12H10Br2O/c13-12(14)11(15)10-7-3-5-8-4-1-2-6-9(8)10/h1-7,11-12,15H. The molecular weight excluding hydrogens is 320 g/mol. The van der Waals surface area contributed by atoms with Crippen molar-refractivity contribution >= 4 is 42.6 Å². The van der Waals surface area contributed by atoms with Crippen LogP contribution in [0.25, 0.3) is 10.8 Å². The van der Waals surface area contributed by atoms with Crippen molar-refractivity contribution in [1.29, 1.82) is 0 Å². The maximum Gasteiger partial charge on any atom is 0.102 e. The van der Waals surface area contributed by atoms with E-state index in [0.29, 0.717) is 0 Å². The molecule has 2 aromatic carbocycles. The number of aliphatic hydroxyl groups excluding tert-OH is 1. The second kappa shape index (κ2) is 4.64. The van der Waals surface area contributed by atoms with Crippen LogP contribution >= 0.6 is 31.9 Å². The van der Waals surface area contributed by atoms with Gasteiger partial charge in [0.25, 0.3) is 0 Å². The number of rotatable bonds is 2. The summed E-state index contributed by atoms with van der Waals surface area (Å²) in [6, 6.07) is 14.0. The number of hydrogen-bond donors (Lipinski definition) is 1. The molecule has 1 nitrogen and oxygen atoms in total. The fourth-order valence-corrected chi connectivity index (χ4v) is 2.21. The Bertz CT molecular complexity index is 463. The zero-order chi connectivity index (χ0) is 10.8. The fourth-order valence-electron chi connectivity index (χ4n) is 1.64. The maximum atomic E-state index is 10.0. The summed E-state index contributed by atoms with van der Waals surface area (Å²) in [5.41, 5.74) is 0.937. The molecule has 3 heteroatoms. The summed E-state index contributed by atoms with van der Waals surface area (Å²) in [4.78, 5) is 0. The lowest BCUT2D eigenvalue weighted by Gasteiger charge is -2.14. The van der Waals surface area contributed by atoms with Gasteiger partial charge in [-0.3, -0.25) is 0 Å². The van der Waals surface area contributed by atoms with Crippen LogP contribution in [0.2, 0.25) is 0 Å². The van der Waals surface area contributed by atoms with Gasteiger partial charge >= 0.3 is 0 Å². The topological polar surface area (TPSA) is 20.2 Å². The van der Waals surface area contributed by atoms with E-state index in [2.05, 4.69) is 31.9 Å². The SMILES string of the molecule is OC(c1cccc2ccccc12)C(Br)Br. The first-order valence-corrected chi connectivity index (χ1v) is 6.47. The smallest absolute Gasteiger partial charge is 0.102 e. The van der Waals surface area contributed by atoms with Crippen LogP contribution in [0.4, 0.5) is 0 Å². The molecule has 0 radical (unpaired) electrons. The lowest BCUT2D eigenvalue weighted by Crippen LogP contribution is -2.05. The third-order valence-corrected chi connectivity index (χ3v) is 3.38. The second-order valence-corrected chi connectivity index (χ2v) is 6.55. The van der Waals surface area contributed by atoms with Gasteiger partial charge in [-0.2, -0.15) is 0 Å². The number of hydrogen-bond acceptors (Lipinski definition) is 1. The van der Waals surface area contributed by atoms with E-state index < -0.39 is 6.10 Å². The molecule has 1 atom stereocenters. The third-order valence-electron chi connectivity index (χ3n) is 2.38. The van der Waals surface area contributed by atoms with Crippen LogP contribution in [-0.2, 0) is 0 Å². The zero-order valence-corrected chi connectivity index (χ0v) is 11.1. The normalized spacial score (nSPS) is 13.3. The molecule has 0 aromatic heterocycles. The first kappa shape index (κ1) is 11.1. The second-order valence-electron chi connectivity index (χ2n) is 3.35. The number of fused-ring (bicyclic) bond motifs is 1. The highest BCUT2D eigenvalue weighted by Crippen LogP contribution is 2.31. The Morgan fingerprint density at radius 1 is 0.933 bits per heavy atom. The summed E-state index contributed by atoms with van der Waals surface area (Å²) in [5, 5.41) is 12.2. The average Bonchev–Trinajstić information content (AvgIpc) is 2.27. The predicted octanol–water partition coefficient (Wildman–Crippen LogP) is 3.99. The van der Waals surface area contributed by atoms with Crippen LogP contribution in [0.1, 0.15) is 11.7 Å². The molecule has 0 fully saturated rings. The van der Waals surface area contributed by atoms with Crippen molar-refractivity contribution < 1.29 is 5.11 Å². The van der Waals surface area contributed by atoms with Gasteiger partial charge in [0.15, 0.2) is 0 Å². The first-order chi connectivity index (χ1) is 7.20.